The van der Waals surface area contributed by atoms with Gasteiger partial charge in [-0.3, -0.25) is 0 Å². The number of hydrogen-bond donors (Lipinski definition) is 0. The molecule has 0 saturated carbocycles. The molecule has 176 valence electrons. The van der Waals surface area contributed by atoms with Crippen LogP contribution in [0.4, 0.5) is 8.78 Å². The molecule has 4 rings (SSSR count). The maximum absolute atomic E-state index is 14.8. The third-order valence-electron chi connectivity index (χ3n) is 6.33. The Bertz CT molecular complexity index is 1130. The van der Waals surface area contributed by atoms with E-state index in [1.165, 1.54) is 22.0 Å². The first kappa shape index (κ1) is 24.6. The average Bonchev–Trinajstić information content (AvgIpc) is 2.90. The zero-order valence-electron chi connectivity index (χ0n) is 19.1. The number of aryl methyl sites for hydroxylation is 1. The normalized spacial score (nSPS) is 12.6. The summed E-state index contributed by atoms with van der Waals surface area (Å²) in [5.41, 5.74) is 0.368. The third-order valence-corrected chi connectivity index (χ3v) is 16.4. The molecule has 0 fully saturated rings. The summed E-state index contributed by atoms with van der Waals surface area (Å²) in [5, 5.41) is 0.560. The van der Waals surface area contributed by atoms with Gasteiger partial charge in [0.05, 0.1) is 0 Å². The van der Waals surface area contributed by atoms with E-state index >= 15 is 0 Å². The molecule has 0 amide bonds. The summed E-state index contributed by atoms with van der Waals surface area (Å²) in [4.78, 5) is 0. The average molecular weight is 541 g/mol. The van der Waals surface area contributed by atoms with Crippen molar-refractivity contribution >= 4 is 36.7 Å². The van der Waals surface area contributed by atoms with Gasteiger partial charge in [0, 0.05) is 0 Å². The van der Waals surface area contributed by atoms with Gasteiger partial charge in [-0.05, 0) is 0 Å². The fraction of sp³-hybridized carbons (Fsp3) is 0.172. The van der Waals surface area contributed by atoms with Gasteiger partial charge in [0.2, 0.25) is 0 Å². The minimum absolute atomic E-state index is 0.0401. The van der Waals surface area contributed by atoms with Crippen LogP contribution in [-0.2, 0) is 6.42 Å². The van der Waals surface area contributed by atoms with Gasteiger partial charge >= 0.3 is 209 Å². The molecular formula is C29H28BrF2OP. The molecule has 0 unspecified atom stereocenters. The molecule has 34 heavy (non-hydrogen) atoms. The zero-order valence-corrected chi connectivity index (χ0v) is 21.6. The molecule has 0 N–H and O–H groups in total. The molecule has 4 aromatic carbocycles. The van der Waals surface area contributed by atoms with Gasteiger partial charge in [0.15, 0.2) is 0 Å². The van der Waals surface area contributed by atoms with E-state index in [4.69, 9.17) is 4.74 Å². The summed E-state index contributed by atoms with van der Waals surface area (Å²) in [6.45, 7) is 2.04. The first-order valence-corrected chi connectivity index (χ1v) is 15.9. The molecule has 0 bridgehead atoms. The van der Waals surface area contributed by atoms with Crippen LogP contribution in [0.1, 0.15) is 18.9 Å². The van der Waals surface area contributed by atoms with Crippen molar-refractivity contribution in [1.29, 1.82) is 0 Å². The molecule has 5 heteroatoms. The van der Waals surface area contributed by atoms with Gasteiger partial charge in [0.1, 0.15) is 0 Å². The van der Waals surface area contributed by atoms with Crippen molar-refractivity contribution in [3.8, 4) is 5.75 Å². The third kappa shape index (κ3) is 4.42. The van der Waals surface area contributed by atoms with Gasteiger partial charge in [-0.1, -0.05) is 0 Å². The minimum atomic E-state index is -3.08. The molecule has 0 spiro atoms. The van der Waals surface area contributed by atoms with Gasteiger partial charge in [0.25, 0.3) is 0 Å². The van der Waals surface area contributed by atoms with Crippen molar-refractivity contribution in [1.82, 2.24) is 0 Å². The Kier molecular flexibility index (Phi) is 7.50. The molecule has 0 aromatic heterocycles. The van der Waals surface area contributed by atoms with Crippen LogP contribution in [0.2, 0.25) is 0 Å². The number of benzene rings is 4. The maximum atomic E-state index is 14.8. The predicted octanol–water partition coefficient (Wildman–Crippen LogP) is 7.14. The fourth-order valence-corrected chi connectivity index (χ4v) is 12.3. The van der Waals surface area contributed by atoms with Crippen LogP contribution in [0.15, 0.2) is 103 Å². The number of ether oxygens (including phenoxy) is 1. The Morgan fingerprint density at radius 3 is 1.59 bits per heavy atom. The second kappa shape index (κ2) is 10.4. The van der Waals surface area contributed by atoms with Crippen molar-refractivity contribution in [3.63, 3.8) is 0 Å². The van der Waals surface area contributed by atoms with Crippen LogP contribution in [0, 0.1) is 11.6 Å². The van der Waals surface area contributed by atoms with Crippen molar-refractivity contribution in [2.45, 2.75) is 19.8 Å². The van der Waals surface area contributed by atoms with Crippen LogP contribution in [0.25, 0.3) is 0 Å². The summed E-state index contributed by atoms with van der Waals surface area (Å²) in [5.74, 6) is -1.77. The standard InChI is InChI=1S/C29H28BrF2OP/c1-2-33-27-21-20-23(28(31)29(27)32)13-12-22-34(30,24-14-6-3-7-15-24,25-16-8-4-9-17-25)26-18-10-5-11-19-26/h3-11,14-21H,2,12-13,22H2,1H3. The van der Waals surface area contributed by atoms with Crippen molar-refractivity contribution < 1.29 is 13.5 Å². The van der Waals surface area contributed by atoms with Crippen molar-refractivity contribution in [2.75, 3.05) is 12.8 Å². The molecule has 4 aromatic rings. The molecule has 0 aliphatic rings. The number of hydrogen-bond acceptors (Lipinski definition) is 1. The quantitative estimate of drug-likeness (QED) is 0.205. The first-order valence-electron chi connectivity index (χ1n) is 11.5. The van der Waals surface area contributed by atoms with Crippen molar-refractivity contribution in [2.24, 2.45) is 0 Å². The van der Waals surface area contributed by atoms with Crippen LogP contribution in [0.3, 0.4) is 0 Å². The van der Waals surface area contributed by atoms with E-state index in [1.807, 2.05) is 18.2 Å². The number of rotatable bonds is 9. The van der Waals surface area contributed by atoms with E-state index < -0.39 is 16.9 Å². The van der Waals surface area contributed by atoms with E-state index in [0.29, 0.717) is 25.0 Å². The molecular weight excluding hydrogens is 513 g/mol. The van der Waals surface area contributed by atoms with Crippen molar-refractivity contribution in [3.05, 3.63) is 120 Å². The van der Waals surface area contributed by atoms with E-state index in [2.05, 4.69) is 88.3 Å². The van der Waals surface area contributed by atoms with E-state index in [1.54, 1.807) is 13.0 Å². The second-order valence-electron chi connectivity index (χ2n) is 8.30. The van der Waals surface area contributed by atoms with Crippen LogP contribution < -0.4 is 20.7 Å². The zero-order chi connectivity index (χ0) is 24.0. The van der Waals surface area contributed by atoms with Gasteiger partial charge in [-0.25, -0.2) is 0 Å². The van der Waals surface area contributed by atoms with Gasteiger partial charge < -0.3 is 0 Å². The van der Waals surface area contributed by atoms with Crippen LogP contribution in [0.5, 0.6) is 5.75 Å². The molecule has 0 heterocycles. The first-order chi connectivity index (χ1) is 16.5. The van der Waals surface area contributed by atoms with E-state index in [0.717, 1.165) is 6.16 Å². The summed E-state index contributed by atoms with van der Waals surface area (Å²) in [6.07, 6.45) is 1.86. The number of halogens is 3. The molecule has 0 atom stereocenters. The molecule has 0 aliphatic heterocycles. The fourth-order valence-electron chi connectivity index (χ4n) is 4.65. The Morgan fingerprint density at radius 1 is 0.676 bits per heavy atom. The Balaban J connectivity index is 1.78. The predicted molar refractivity (Wildman–Crippen MR) is 145 cm³/mol. The molecule has 0 saturated heterocycles. The Hall–Kier alpha value is -2.55. The van der Waals surface area contributed by atoms with Gasteiger partial charge in [-0.2, -0.15) is 0 Å². The molecule has 0 radical (unpaired) electrons. The monoisotopic (exact) mass is 540 g/mol. The van der Waals surface area contributed by atoms with Crippen LogP contribution >= 0.6 is 20.8 Å². The molecule has 1 nitrogen and oxygen atoms in total. The SMILES string of the molecule is CCOc1ccc(CCCP(Br)(c2ccccc2)(c2ccccc2)c2ccccc2)c(F)c1F. The summed E-state index contributed by atoms with van der Waals surface area (Å²) in [6, 6.07) is 34.6. The summed E-state index contributed by atoms with van der Waals surface area (Å²) >= 11 is 4.40. The summed E-state index contributed by atoms with van der Waals surface area (Å²) < 4.78 is 34.5. The van der Waals surface area contributed by atoms with E-state index in [-0.39, 0.29) is 5.75 Å². The Morgan fingerprint density at radius 2 is 1.15 bits per heavy atom. The molecule has 0 aliphatic carbocycles. The van der Waals surface area contributed by atoms with Crippen LogP contribution in [-0.4, -0.2) is 12.8 Å². The van der Waals surface area contributed by atoms with E-state index in [9.17, 15) is 8.78 Å². The second-order valence-corrected chi connectivity index (χ2v) is 17.4. The summed E-state index contributed by atoms with van der Waals surface area (Å²) in [7, 11) is 0. The van der Waals surface area contributed by atoms with Gasteiger partial charge in [-0.15, -0.1) is 0 Å². The topological polar surface area (TPSA) is 9.23 Å². The Labute approximate surface area is 208 Å².